The van der Waals surface area contributed by atoms with Crippen LogP contribution >= 0.6 is 7.80 Å². The Labute approximate surface area is 149 Å². The van der Waals surface area contributed by atoms with Gasteiger partial charge in [0.25, 0.3) is 0 Å². The second kappa shape index (κ2) is 7.13. The minimum atomic E-state index is -1.81. The molecule has 0 spiro atoms. The summed E-state index contributed by atoms with van der Waals surface area (Å²) in [6, 6.07) is 20.3. The number of benzene rings is 3. The van der Waals surface area contributed by atoms with Crippen LogP contribution in [0.15, 0.2) is 66.7 Å². The molecule has 0 aliphatic rings. The summed E-state index contributed by atoms with van der Waals surface area (Å²) < 4.78 is 13.0. The molecule has 1 unspecified atom stereocenters. The van der Waals surface area contributed by atoms with E-state index in [0.717, 1.165) is 22.0 Å². The zero-order chi connectivity index (χ0) is 18.0. The average Bonchev–Trinajstić information content (AvgIpc) is 2.66. The Morgan fingerprint density at radius 2 is 1.36 bits per heavy atom. The lowest BCUT2D eigenvalue weighted by atomic mass is 9.93. The molecule has 0 saturated heterocycles. The van der Waals surface area contributed by atoms with Gasteiger partial charge < -0.3 is 0 Å². The van der Waals surface area contributed by atoms with Gasteiger partial charge in [0.1, 0.15) is 0 Å². The van der Waals surface area contributed by atoms with Crippen LogP contribution in [-0.4, -0.2) is 5.78 Å². The number of rotatable bonds is 4. The van der Waals surface area contributed by atoms with Crippen LogP contribution in [0.4, 0.5) is 0 Å². The smallest absolute Gasteiger partial charge is 0.288 e. The molecule has 0 fully saturated rings. The van der Waals surface area contributed by atoms with E-state index in [0.29, 0.717) is 16.4 Å². The molecule has 3 aromatic rings. The third kappa shape index (κ3) is 3.31. The van der Waals surface area contributed by atoms with Crippen LogP contribution in [-0.2, 0) is 4.57 Å². The molecule has 1 atom stereocenters. The topological polar surface area (TPSA) is 34.1 Å². The molecule has 3 rings (SSSR count). The molecule has 2 nitrogen and oxygen atoms in total. The minimum Gasteiger partial charge on any atom is -0.288 e. The van der Waals surface area contributed by atoms with Crippen molar-refractivity contribution < 1.29 is 9.36 Å². The van der Waals surface area contributed by atoms with Crippen molar-refractivity contribution in [1.82, 2.24) is 0 Å². The van der Waals surface area contributed by atoms with E-state index in [1.807, 2.05) is 75.4 Å². The molecule has 3 heteroatoms. The van der Waals surface area contributed by atoms with Crippen molar-refractivity contribution in [2.24, 2.45) is 0 Å². The zero-order valence-corrected chi connectivity index (χ0v) is 15.5. The Morgan fingerprint density at radius 1 is 0.720 bits per heavy atom. The lowest BCUT2D eigenvalue weighted by molar-refractivity contribution is 0.103. The summed E-state index contributed by atoms with van der Waals surface area (Å²) in [6.45, 7) is 6.03. The molecule has 0 bridgehead atoms. The Kier molecular flexibility index (Phi) is 4.92. The highest BCUT2D eigenvalue weighted by atomic mass is 31.1. The maximum absolute atomic E-state index is 13.2. The molecule has 0 aromatic heterocycles. The molecule has 0 aliphatic carbocycles. The minimum absolute atomic E-state index is 0.0736. The third-order valence-corrected chi connectivity index (χ3v) is 6.26. The highest BCUT2D eigenvalue weighted by Crippen LogP contribution is 2.25. The van der Waals surface area contributed by atoms with Gasteiger partial charge in [-0.15, -0.1) is 0 Å². The first-order valence-corrected chi connectivity index (χ1v) is 9.49. The SMILES string of the molecule is Cc1ccc(C(=O)c2ccccc2[P+](=O)c2ccccc2)c(C)c1C. The van der Waals surface area contributed by atoms with Gasteiger partial charge in [-0.2, -0.15) is 0 Å². The van der Waals surface area contributed by atoms with E-state index in [1.54, 1.807) is 12.1 Å². The summed E-state index contributed by atoms with van der Waals surface area (Å²) in [5.41, 5.74) is 4.45. The van der Waals surface area contributed by atoms with Crippen LogP contribution in [0.3, 0.4) is 0 Å². The Bertz CT molecular complexity index is 959. The van der Waals surface area contributed by atoms with E-state index in [9.17, 15) is 9.36 Å². The summed E-state index contributed by atoms with van der Waals surface area (Å²) >= 11 is 0. The van der Waals surface area contributed by atoms with Crippen molar-refractivity contribution in [3.63, 3.8) is 0 Å². The predicted molar refractivity (Wildman–Crippen MR) is 104 cm³/mol. The molecule has 124 valence electrons. The van der Waals surface area contributed by atoms with Crippen molar-refractivity contribution in [1.29, 1.82) is 0 Å². The molecule has 0 amide bonds. The van der Waals surface area contributed by atoms with Crippen LogP contribution in [0.25, 0.3) is 0 Å². The van der Waals surface area contributed by atoms with Gasteiger partial charge in [0, 0.05) is 5.56 Å². The fourth-order valence-corrected chi connectivity index (χ4v) is 4.23. The third-order valence-electron chi connectivity index (χ3n) is 4.66. The van der Waals surface area contributed by atoms with Gasteiger partial charge >= 0.3 is 7.80 Å². The van der Waals surface area contributed by atoms with E-state index in [4.69, 9.17) is 0 Å². The number of aryl methyl sites for hydroxylation is 1. The largest absolute Gasteiger partial charge is 0.416 e. The van der Waals surface area contributed by atoms with Gasteiger partial charge in [0.05, 0.1) is 5.56 Å². The molecule has 0 radical (unpaired) electrons. The van der Waals surface area contributed by atoms with E-state index in [1.165, 1.54) is 0 Å². The summed E-state index contributed by atoms with van der Waals surface area (Å²) in [6.07, 6.45) is 0. The van der Waals surface area contributed by atoms with Gasteiger partial charge in [0.15, 0.2) is 11.1 Å². The highest BCUT2D eigenvalue weighted by molar-refractivity contribution is 7.61. The molecule has 0 aliphatic heterocycles. The quantitative estimate of drug-likeness (QED) is 0.510. The van der Waals surface area contributed by atoms with Crippen LogP contribution in [0, 0.1) is 20.8 Å². The monoisotopic (exact) mass is 347 g/mol. The normalized spacial score (nSPS) is 11.2. The lowest BCUT2D eigenvalue weighted by Crippen LogP contribution is -2.17. The molecule has 3 aromatic carbocycles. The second-order valence-electron chi connectivity index (χ2n) is 6.16. The fraction of sp³-hybridized carbons (Fsp3) is 0.136. The van der Waals surface area contributed by atoms with Gasteiger partial charge in [0.2, 0.25) is 5.30 Å². The molecule has 0 heterocycles. The number of carbonyl (C=O) groups excluding carboxylic acids is 1. The summed E-state index contributed by atoms with van der Waals surface area (Å²) in [7, 11) is -1.81. The van der Waals surface area contributed by atoms with E-state index in [-0.39, 0.29) is 5.78 Å². The van der Waals surface area contributed by atoms with Crippen LogP contribution < -0.4 is 10.6 Å². The molecule has 0 saturated carbocycles. The van der Waals surface area contributed by atoms with Crippen molar-refractivity contribution in [2.75, 3.05) is 0 Å². The van der Waals surface area contributed by atoms with Gasteiger partial charge in [-0.3, -0.25) is 4.79 Å². The summed E-state index contributed by atoms with van der Waals surface area (Å²) in [5.74, 6) is -0.0736. The highest BCUT2D eigenvalue weighted by Gasteiger charge is 2.30. The molecule has 25 heavy (non-hydrogen) atoms. The number of carbonyl (C=O) groups is 1. The summed E-state index contributed by atoms with van der Waals surface area (Å²) in [4.78, 5) is 13.2. The molecular weight excluding hydrogens is 327 g/mol. The van der Waals surface area contributed by atoms with Gasteiger partial charge in [-0.05, 0) is 61.7 Å². The first-order valence-electron chi connectivity index (χ1n) is 8.23. The van der Waals surface area contributed by atoms with E-state index in [2.05, 4.69) is 0 Å². The second-order valence-corrected chi connectivity index (χ2v) is 7.74. The standard InChI is InChI=1S/C22H20O2P/c1-15-13-14-19(17(3)16(15)2)22(23)20-11-7-8-12-21(20)25(24)18-9-5-4-6-10-18/h4-14H,1-3H3/q+1. The maximum Gasteiger partial charge on any atom is 0.416 e. The van der Waals surface area contributed by atoms with E-state index < -0.39 is 7.80 Å². The Balaban J connectivity index is 2.09. The average molecular weight is 347 g/mol. The zero-order valence-electron chi connectivity index (χ0n) is 14.6. The predicted octanol–water partition coefficient (Wildman–Crippen LogP) is 4.62. The van der Waals surface area contributed by atoms with Crippen LogP contribution in [0.5, 0.6) is 0 Å². The van der Waals surface area contributed by atoms with Crippen molar-refractivity contribution >= 4 is 24.2 Å². The summed E-state index contributed by atoms with van der Waals surface area (Å²) in [5, 5.41) is 1.32. The molecule has 0 N–H and O–H groups in total. The fourth-order valence-electron chi connectivity index (χ4n) is 2.89. The lowest BCUT2D eigenvalue weighted by Gasteiger charge is -2.10. The Hall–Kier alpha value is -2.57. The maximum atomic E-state index is 13.2. The first kappa shape index (κ1) is 17.3. The number of ketones is 1. The Morgan fingerprint density at radius 3 is 2.08 bits per heavy atom. The van der Waals surface area contributed by atoms with Crippen molar-refractivity contribution in [3.8, 4) is 0 Å². The van der Waals surface area contributed by atoms with Gasteiger partial charge in [-0.25, -0.2) is 0 Å². The van der Waals surface area contributed by atoms with Crippen LogP contribution in [0.1, 0.15) is 32.6 Å². The number of hydrogen-bond donors (Lipinski definition) is 0. The van der Waals surface area contributed by atoms with E-state index >= 15 is 0 Å². The first-order chi connectivity index (χ1) is 12.0. The molecular formula is C22H20O2P+. The van der Waals surface area contributed by atoms with Crippen molar-refractivity contribution in [2.45, 2.75) is 20.8 Å². The number of hydrogen-bond acceptors (Lipinski definition) is 2. The van der Waals surface area contributed by atoms with Crippen molar-refractivity contribution in [3.05, 3.63) is 94.5 Å². The van der Waals surface area contributed by atoms with Gasteiger partial charge in [-0.1, -0.05) is 47.0 Å². The van der Waals surface area contributed by atoms with Crippen LogP contribution in [0.2, 0.25) is 0 Å².